The second-order valence-electron chi connectivity index (χ2n) is 9.53. The molecule has 3 N–H and O–H groups in total. The van der Waals surface area contributed by atoms with E-state index in [2.05, 4.69) is 46.5 Å². The number of ether oxygens (including phenoxy) is 1. The van der Waals surface area contributed by atoms with Crippen molar-refractivity contribution in [1.29, 1.82) is 0 Å². The van der Waals surface area contributed by atoms with Crippen LogP contribution in [0.5, 0.6) is 5.75 Å². The van der Waals surface area contributed by atoms with Crippen LogP contribution in [0, 0.1) is 11.5 Å². The summed E-state index contributed by atoms with van der Waals surface area (Å²) in [5.41, 5.74) is 13.9. The van der Waals surface area contributed by atoms with E-state index in [0.29, 0.717) is 18.3 Å². The molecule has 4 aromatic rings. The van der Waals surface area contributed by atoms with Gasteiger partial charge in [0, 0.05) is 53.8 Å². The fourth-order valence-corrected chi connectivity index (χ4v) is 3.80. The fourth-order valence-electron chi connectivity index (χ4n) is 3.28. The topological polar surface area (TPSA) is 90.9 Å². The molecule has 0 aliphatic heterocycles. The van der Waals surface area contributed by atoms with Crippen LogP contribution in [0.4, 0.5) is 11.6 Å². The molecule has 9 heteroatoms. The van der Waals surface area contributed by atoms with Crippen LogP contribution in [0.25, 0.3) is 22.0 Å². The van der Waals surface area contributed by atoms with Gasteiger partial charge in [-0.25, -0.2) is 9.97 Å². The average Bonchev–Trinajstić information content (AvgIpc) is 3.22. The number of fused-ring (bicyclic) bond motifs is 1. The quantitative estimate of drug-likeness (QED) is 0.288. The first kappa shape index (κ1) is 26.3. The lowest BCUT2D eigenvalue weighted by atomic mass is 10.1. The first-order chi connectivity index (χ1) is 16.1. The van der Waals surface area contributed by atoms with Crippen LogP contribution in [-0.2, 0) is 7.05 Å². The number of nitrogens with two attached hydrogens (primary N) is 1. The monoisotopic (exact) mass is 504 g/mol. The van der Waals surface area contributed by atoms with Gasteiger partial charge in [0.05, 0.1) is 11.7 Å². The van der Waals surface area contributed by atoms with Gasteiger partial charge in [0.2, 0.25) is 5.95 Å². The molecule has 1 atom stereocenters. The Morgan fingerprint density at radius 3 is 2.60 bits per heavy atom. The second-order valence-corrected chi connectivity index (χ2v) is 14.3. The van der Waals surface area contributed by atoms with Crippen molar-refractivity contribution in [2.24, 2.45) is 12.8 Å². The summed E-state index contributed by atoms with van der Waals surface area (Å²) in [6.07, 6.45) is 5.61. The minimum absolute atomic E-state index is 0. The second kappa shape index (κ2) is 10.9. The Balaban J connectivity index is 0.00000342. The molecule has 35 heavy (non-hydrogen) atoms. The van der Waals surface area contributed by atoms with Gasteiger partial charge >= 0.3 is 0 Å². The van der Waals surface area contributed by atoms with Crippen molar-refractivity contribution in [3.05, 3.63) is 60.6 Å². The van der Waals surface area contributed by atoms with Crippen molar-refractivity contribution in [3.8, 4) is 28.3 Å². The summed E-state index contributed by atoms with van der Waals surface area (Å²) in [4.78, 5) is 9.22. The van der Waals surface area contributed by atoms with Crippen molar-refractivity contribution in [3.63, 3.8) is 0 Å². The normalized spacial score (nSPS) is 11.8. The van der Waals surface area contributed by atoms with E-state index < -0.39 is 8.07 Å². The van der Waals surface area contributed by atoms with Gasteiger partial charge in [-0.3, -0.25) is 4.68 Å². The Bertz CT molecular complexity index is 1380. The van der Waals surface area contributed by atoms with Crippen LogP contribution in [0.2, 0.25) is 19.6 Å². The number of aromatic nitrogens is 4. The van der Waals surface area contributed by atoms with Gasteiger partial charge in [-0.05, 0) is 42.8 Å². The van der Waals surface area contributed by atoms with Crippen molar-refractivity contribution >= 4 is 44.1 Å². The summed E-state index contributed by atoms with van der Waals surface area (Å²) < 4.78 is 7.67. The highest BCUT2D eigenvalue weighted by atomic mass is 32.1. The maximum absolute atomic E-state index is 5.90. The van der Waals surface area contributed by atoms with Crippen LogP contribution >= 0.6 is 13.5 Å². The minimum atomic E-state index is -1.43. The molecule has 182 valence electrons. The molecule has 0 radical (unpaired) electrons. The molecule has 0 bridgehead atoms. The van der Waals surface area contributed by atoms with E-state index in [1.54, 1.807) is 4.68 Å². The number of aryl methyl sites for hydroxylation is 1. The lowest BCUT2D eigenvalue weighted by molar-refractivity contribution is 0.296. The van der Waals surface area contributed by atoms with Crippen molar-refractivity contribution in [2.45, 2.75) is 32.6 Å². The Kier molecular flexibility index (Phi) is 8.22. The Labute approximate surface area is 214 Å². The number of benzene rings is 2. The maximum atomic E-state index is 5.90. The maximum Gasteiger partial charge on any atom is 0.227 e. The Hall–Kier alpha value is -3.32. The molecule has 0 aliphatic carbocycles. The standard InChI is InChI=1S/C26H30N6OSi.H2S/c1-18(27)17-33-24-12-20(22-15-29-32(2)16-22)11-23(13-24)30-26-28-14-21-10-19(6-7-25(21)31-26)8-9-34(3,4)5;/h6-7,10-16,18H,17,27H2,1-5H3,(H,28,30,31);1H2/t18-;/m0./s1. The molecule has 0 fully saturated rings. The van der Waals surface area contributed by atoms with Crippen LogP contribution < -0.4 is 15.8 Å². The van der Waals surface area contributed by atoms with E-state index >= 15 is 0 Å². The van der Waals surface area contributed by atoms with Crippen LogP contribution in [0.3, 0.4) is 0 Å². The van der Waals surface area contributed by atoms with E-state index in [9.17, 15) is 0 Å². The van der Waals surface area contributed by atoms with Gasteiger partial charge in [0.15, 0.2) is 0 Å². The zero-order valence-electron chi connectivity index (χ0n) is 20.8. The van der Waals surface area contributed by atoms with Crippen molar-refractivity contribution in [1.82, 2.24) is 19.7 Å². The number of hydrogen-bond acceptors (Lipinski definition) is 6. The highest BCUT2D eigenvalue weighted by molar-refractivity contribution is 7.59. The third-order valence-electron chi connectivity index (χ3n) is 4.88. The summed E-state index contributed by atoms with van der Waals surface area (Å²) in [6.45, 7) is 9.04. The summed E-state index contributed by atoms with van der Waals surface area (Å²) in [5, 5.41) is 8.56. The molecular formula is C26H32N6OSSi. The number of hydrogen-bond donors (Lipinski definition) is 2. The molecule has 0 saturated carbocycles. The van der Waals surface area contributed by atoms with Gasteiger partial charge in [-0.2, -0.15) is 18.6 Å². The number of anilines is 2. The molecule has 0 unspecified atom stereocenters. The third kappa shape index (κ3) is 7.33. The molecule has 7 nitrogen and oxygen atoms in total. The highest BCUT2D eigenvalue weighted by Crippen LogP contribution is 2.30. The summed E-state index contributed by atoms with van der Waals surface area (Å²) in [7, 11) is 0.463. The predicted molar refractivity (Wildman–Crippen MR) is 151 cm³/mol. The Morgan fingerprint density at radius 1 is 1.11 bits per heavy atom. The molecule has 2 heterocycles. The highest BCUT2D eigenvalue weighted by Gasteiger charge is 2.10. The van der Waals surface area contributed by atoms with Gasteiger partial charge in [0.25, 0.3) is 0 Å². The van der Waals surface area contributed by atoms with Crippen LogP contribution in [0.15, 0.2) is 55.0 Å². The van der Waals surface area contributed by atoms with Crippen molar-refractivity contribution in [2.75, 3.05) is 11.9 Å². The lowest BCUT2D eigenvalue weighted by Crippen LogP contribution is -2.23. The largest absolute Gasteiger partial charge is 0.492 e. The summed E-state index contributed by atoms with van der Waals surface area (Å²) in [5.74, 6) is 4.52. The zero-order valence-corrected chi connectivity index (χ0v) is 22.8. The minimum Gasteiger partial charge on any atom is -0.492 e. The van der Waals surface area contributed by atoms with Crippen LogP contribution in [-0.4, -0.2) is 40.5 Å². The number of nitrogens with zero attached hydrogens (tertiary/aromatic N) is 4. The molecule has 2 aromatic heterocycles. The summed E-state index contributed by atoms with van der Waals surface area (Å²) >= 11 is 0. The van der Waals surface area contributed by atoms with Crippen molar-refractivity contribution < 1.29 is 4.74 Å². The van der Waals surface area contributed by atoms with E-state index in [1.165, 1.54) is 0 Å². The predicted octanol–water partition coefficient (Wildman–Crippen LogP) is 4.84. The van der Waals surface area contributed by atoms with Gasteiger partial charge in [0.1, 0.15) is 20.4 Å². The summed E-state index contributed by atoms with van der Waals surface area (Å²) in [6, 6.07) is 11.9. The van der Waals surface area contributed by atoms with E-state index in [-0.39, 0.29) is 19.5 Å². The molecule has 0 aliphatic rings. The zero-order chi connectivity index (χ0) is 24.3. The molecule has 0 saturated heterocycles. The first-order valence-corrected chi connectivity index (χ1v) is 14.7. The molecule has 0 amide bonds. The van der Waals surface area contributed by atoms with E-state index in [4.69, 9.17) is 15.5 Å². The lowest BCUT2D eigenvalue weighted by Gasteiger charge is -2.13. The Morgan fingerprint density at radius 2 is 1.91 bits per heavy atom. The van der Waals surface area contributed by atoms with Gasteiger partial charge in [-0.15, -0.1) is 5.54 Å². The van der Waals surface area contributed by atoms with Crippen LogP contribution in [0.1, 0.15) is 12.5 Å². The van der Waals surface area contributed by atoms with E-state index in [1.807, 2.05) is 69.0 Å². The number of nitrogens with one attached hydrogen (secondary N) is 1. The van der Waals surface area contributed by atoms with Gasteiger partial charge in [-0.1, -0.05) is 25.6 Å². The molecular weight excluding hydrogens is 472 g/mol. The molecule has 2 aromatic carbocycles. The van der Waals surface area contributed by atoms with Gasteiger partial charge < -0.3 is 15.8 Å². The average molecular weight is 505 g/mol. The van der Waals surface area contributed by atoms with E-state index in [0.717, 1.165) is 33.3 Å². The first-order valence-electron chi connectivity index (χ1n) is 11.2. The smallest absolute Gasteiger partial charge is 0.227 e. The molecule has 0 spiro atoms. The fraction of sp³-hybridized carbons (Fsp3) is 0.269. The third-order valence-corrected chi connectivity index (χ3v) is 5.75. The number of rotatable bonds is 6. The SMILES string of the molecule is C[C@H](N)COc1cc(Nc2ncc3cc(C#C[Si](C)(C)C)ccc3n2)cc(-c2cnn(C)c2)c1.S. The molecule has 4 rings (SSSR count).